The van der Waals surface area contributed by atoms with Crippen LogP contribution < -0.4 is 0 Å². The van der Waals surface area contributed by atoms with E-state index in [1.165, 1.54) is 0 Å². The van der Waals surface area contributed by atoms with Crippen molar-refractivity contribution in [3.63, 3.8) is 0 Å². The SMILES string of the molecule is O=C(c1ccccc1)c1ccc2ccc3c(C(=O)c4ccc5ccc6c(C(=O)c7ccccc7)ccc7ccc4c5c76)ccc4ccc1c2c43. The molecule has 0 aliphatic rings. The predicted molar refractivity (Wildman–Crippen MR) is 203 cm³/mol. The first-order valence-electron chi connectivity index (χ1n) is 16.7. The fourth-order valence-electron chi connectivity index (χ4n) is 8.03. The summed E-state index contributed by atoms with van der Waals surface area (Å²) < 4.78 is 0. The third kappa shape index (κ3) is 4.01. The molecule has 0 saturated heterocycles. The maximum atomic E-state index is 14.8. The molecule has 10 aromatic carbocycles. The smallest absolute Gasteiger partial charge is 0.194 e. The van der Waals surface area contributed by atoms with Gasteiger partial charge in [-0.05, 0) is 88.9 Å². The molecule has 0 aliphatic heterocycles. The average molecular weight is 639 g/mol. The molecule has 50 heavy (non-hydrogen) atoms. The van der Waals surface area contributed by atoms with E-state index in [-0.39, 0.29) is 17.3 Å². The second-order valence-corrected chi connectivity index (χ2v) is 13.0. The van der Waals surface area contributed by atoms with Crippen LogP contribution >= 0.6 is 0 Å². The lowest BCUT2D eigenvalue weighted by Crippen LogP contribution is -2.06. The Morgan fingerprint density at radius 3 is 0.820 bits per heavy atom. The van der Waals surface area contributed by atoms with Crippen molar-refractivity contribution in [2.45, 2.75) is 0 Å². The van der Waals surface area contributed by atoms with Crippen molar-refractivity contribution >= 4 is 82.0 Å². The topological polar surface area (TPSA) is 51.2 Å². The second-order valence-electron chi connectivity index (χ2n) is 13.0. The van der Waals surface area contributed by atoms with Crippen LogP contribution in [0.1, 0.15) is 47.8 Å². The highest BCUT2D eigenvalue weighted by Crippen LogP contribution is 2.41. The highest BCUT2D eigenvalue weighted by molar-refractivity contribution is 6.35. The lowest BCUT2D eigenvalue weighted by Gasteiger charge is -2.17. The molecule has 10 rings (SSSR count). The van der Waals surface area contributed by atoms with E-state index in [9.17, 15) is 14.4 Å². The van der Waals surface area contributed by atoms with E-state index in [0.717, 1.165) is 64.6 Å². The molecule has 0 atom stereocenters. The number of carbonyl (C=O) groups is 3. The Kier molecular flexibility index (Phi) is 6.03. The molecule has 232 valence electrons. The molecular formula is C47H26O3. The minimum atomic E-state index is -0.0676. The Morgan fingerprint density at radius 2 is 0.520 bits per heavy atom. The molecule has 0 unspecified atom stereocenters. The van der Waals surface area contributed by atoms with Crippen LogP contribution in [0.5, 0.6) is 0 Å². The monoisotopic (exact) mass is 638 g/mol. The standard InChI is InChI=1S/C47H26O3/c48-45(31-7-3-1-4-8-31)37-23-15-27-13-21-35-39(25-17-29-11-19-33(37)41(27)43(29)35)47(50)40-26-18-30-12-20-34-38(46(49)32-9-5-2-6-10-32)24-16-28-14-22-36(40)44(30)42(28)34/h1-26H. The number of carbonyl (C=O) groups excluding carboxylic acids is 3. The summed E-state index contributed by atoms with van der Waals surface area (Å²) in [5.74, 6) is -0.119. The van der Waals surface area contributed by atoms with E-state index >= 15 is 0 Å². The van der Waals surface area contributed by atoms with Gasteiger partial charge in [0.1, 0.15) is 0 Å². The van der Waals surface area contributed by atoms with Crippen molar-refractivity contribution in [1.29, 1.82) is 0 Å². The molecule has 3 nitrogen and oxygen atoms in total. The lowest BCUT2D eigenvalue weighted by atomic mass is 9.85. The van der Waals surface area contributed by atoms with E-state index in [1.54, 1.807) is 0 Å². The van der Waals surface area contributed by atoms with Gasteiger partial charge in [-0.25, -0.2) is 0 Å². The molecule has 10 aromatic rings. The van der Waals surface area contributed by atoms with E-state index in [1.807, 2.05) is 158 Å². The van der Waals surface area contributed by atoms with Gasteiger partial charge >= 0.3 is 0 Å². The van der Waals surface area contributed by atoms with Gasteiger partial charge in [0.25, 0.3) is 0 Å². The van der Waals surface area contributed by atoms with Crippen LogP contribution in [0.25, 0.3) is 64.6 Å². The molecule has 0 aromatic heterocycles. The van der Waals surface area contributed by atoms with Gasteiger partial charge in [-0.1, -0.05) is 133 Å². The van der Waals surface area contributed by atoms with Crippen molar-refractivity contribution in [2.75, 3.05) is 0 Å². The number of hydrogen-bond acceptors (Lipinski definition) is 3. The molecule has 0 amide bonds. The Labute approximate surface area is 286 Å². The summed E-state index contributed by atoms with van der Waals surface area (Å²) in [6.07, 6.45) is 0. The zero-order valence-corrected chi connectivity index (χ0v) is 26.7. The van der Waals surface area contributed by atoms with Crippen LogP contribution in [-0.2, 0) is 0 Å². The summed E-state index contributed by atoms with van der Waals surface area (Å²) in [6.45, 7) is 0. The van der Waals surface area contributed by atoms with Crippen LogP contribution in [0, 0.1) is 0 Å². The fraction of sp³-hybridized carbons (Fsp3) is 0. The third-order valence-corrected chi connectivity index (χ3v) is 10.4. The molecule has 0 fully saturated rings. The largest absolute Gasteiger partial charge is 0.289 e. The summed E-state index contributed by atoms with van der Waals surface area (Å²) in [6, 6.07) is 50.7. The lowest BCUT2D eigenvalue weighted by molar-refractivity contribution is 0.103. The van der Waals surface area contributed by atoms with Gasteiger partial charge in [-0.3, -0.25) is 14.4 Å². The Morgan fingerprint density at radius 1 is 0.260 bits per heavy atom. The van der Waals surface area contributed by atoms with E-state index in [0.29, 0.717) is 33.4 Å². The van der Waals surface area contributed by atoms with Crippen LogP contribution in [0.4, 0.5) is 0 Å². The minimum Gasteiger partial charge on any atom is -0.289 e. The molecule has 0 radical (unpaired) electrons. The van der Waals surface area contributed by atoms with Gasteiger partial charge < -0.3 is 0 Å². The van der Waals surface area contributed by atoms with Gasteiger partial charge in [-0.15, -0.1) is 0 Å². The molecule has 3 heteroatoms. The number of hydrogen-bond donors (Lipinski definition) is 0. The highest BCUT2D eigenvalue weighted by Gasteiger charge is 2.23. The Balaban J connectivity index is 1.17. The Bertz CT molecular complexity index is 2810. The first-order valence-corrected chi connectivity index (χ1v) is 16.7. The Hall–Kier alpha value is -6.71. The van der Waals surface area contributed by atoms with Crippen molar-refractivity contribution < 1.29 is 14.4 Å². The van der Waals surface area contributed by atoms with E-state index in [2.05, 4.69) is 0 Å². The summed E-state index contributed by atoms with van der Waals surface area (Å²) in [4.78, 5) is 42.1. The first kappa shape index (κ1) is 28.3. The molecule has 0 bridgehead atoms. The van der Waals surface area contributed by atoms with E-state index < -0.39 is 0 Å². The summed E-state index contributed by atoms with van der Waals surface area (Å²) >= 11 is 0. The van der Waals surface area contributed by atoms with Gasteiger partial charge in [0.05, 0.1) is 0 Å². The van der Waals surface area contributed by atoms with Crippen molar-refractivity contribution in [1.82, 2.24) is 0 Å². The molecular weight excluding hydrogens is 613 g/mol. The second kappa shape index (κ2) is 10.6. The van der Waals surface area contributed by atoms with Crippen LogP contribution in [0.3, 0.4) is 0 Å². The van der Waals surface area contributed by atoms with Gasteiger partial charge in [-0.2, -0.15) is 0 Å². The van der Waals surface area contributed by atoms with Crippen molar-refractivity contribution in [3.05, 3.63) is 191 Å². The fourth-order valence-corrected chi connectivity index (χ4v) is 8.03. The van der Waals surface area contributed by atoms with Crippen molar-refractivity contribution in [2.24, 2.45) is 0 Å². The van der Waals surface area contributed by atoms with Gasteiger partial charge in [0, 0.05) is 33.4 Å². The quantitative estimate of drug-likeness (QED) is 0.134. The molecule has 0 spiro atoms. The predicted octanol–water partition coefficient (Wildman–Crippen LogP) is 11.2. The summed E-state index contributed by atoms with van der Waals surface area (Å²) in [7, 11) is 0. The molecule has 0 aliphatic carbocycles. The summed E-state index contributed by atoms with van der Waals surface area (Å²) in [5, 5.41) is 11.5. The zero-order chi connectivity index (χ0) is 33.5. The van der Waals surface area contributed by atoms with Crippen LogP contribution in [0.2, 0.25) is 0 Å². The number of benzene rings is 10. The molecule has 0 saturated carbocycles. The molecule has 0 heterocycles. The van der Waals surface area contributed by atoms with E-state index in [4.69, 9.17) is 0 Å². The number of ketones is 3. The minimum absolute atomic E-state index is 0.0258. The van der Waals surface area contributed by atoms with Crippen LogP contribution in [-0.4, -0.2) is 17.3 Å². The first-order chi connectivity index (χ1) is 24.6. The number of rotatable bonds is 6. The highest BCUT2D eigenvalue weighted by atomic mass is 16.1. The maximum Gasteiger partial charge on any atom is 0.194 e. The van der Waals surface area contributed by atoms with Gasteiger partial charge in [0.15, 0.2) is 17.3 Å². The van der Waals surface area contributed by atoms with Gasteiger partial charge in [0.2, 0.25) is 0 Å². The third-order valence-electron chi connectivity index (χ3n) is 10.4. The average Bonchev–Trinajstić information content (AvgIpc) is 3.18. The normalized spacial score (nSPS) is 11.8. The zero-order valence-electron chi connectivity index (χ0n) is 26.7. The summed E-state index contributed by atoms with van der Waals surface area (Å²) in [5.41, 5.74) is 3.80. The van der Waals surface area contributed by atoms with Crippen molar-refractivity contribution in [3.8, 4) is 0 Å². The van der Waals surface area contributed by atoms with Crippen LogP contribution in [0.15, 0.2) is 158 Å². The maximum absolute atomic E-state index is 14.8. The molecule has 0 N–H and O–H groups in total.